The number of aromatic nitrogens is 3. The Bertz CT molecular complexity index is 1020. The second kappa shape index (κ2) is 6.89. The highest BCUT2D eigenvalue weighted by molar-refractivity contribution is 7.17. The fraction of sp³-hybridized carbons (Fsp3) is 0.381. The van der Waals surface area contributed by atoms with Crippen molar-refractivity contribution in [2.45, 2.75) is 38.6 Å². The van der Waals surface area contributed by atoms with E-state index in [1.54, 1.807) is 11.3 Å². The van der Waals surface area contributed by atoms with E-state index in [1.807, 2.05) is 0 Å². The summed E-state index contributed by atoms with van der Waals surface area (Å²) in [6.07, 6.45) is 7.04. The van der Waals surface area contributed by atoms with Crippen LogP contribution < -0.4 is 5.32 Å². The van der Waals surface area contributed by atoms with Gasteiger partial charge in [0.05, 0.1) is 15.9 Å². The molecule has 0 saturated heterocycles. The first-order valence-corrected chi connectivity index (χ1v) is 10.5. The Hall–Kier alpha value is -2.11. The average Bonchev–Trinajstić information content (AvgIpc) is 3.37. The van der Waals surface area contributed by atoms with E-state index in [2.05, 4.69) is 56.2 Å². The number of aromatic amines is 2. The maximum Gasteiger partial charge on any atom is 0.126 e. The van der Waals surface area contributed by atoms with Crippen LogP contribution in [0.2, 0.25) is 0 Å². The number of hydrogen-bond donors (Lipinski definition) is 3. The number of benzene rings is 1. The molecular weight excluding hydrogens is 340 g/mol. The van der Waals surface area contributed by atoms with E-state index in [0.717, 1.165) is 35.9 Å². The number of H-pyrrole nitrogens is 2. The van der Waals surface area contributed by atoms with Crippen LogP contribution in [0, 0.1) is 5.92 Å². The molecule has 1 saturated carbocycles. The molecule has 5 rings (SSSR count). The molecule has 0 unspecified atom stereocenters. The van der Waals surface area contributed by atoms with Crippen molar-refractivity contribution in [3.63, 3.8) is 0 Å². The van der Waals surface area contributed by atoms with Gasteiger partial charge in [0.2, 0.25) is 0 Å². The zero-order valence-electron chi connectivity index (χ0n) is 14.8. The number of thiophene rings is 1. The maximum atomic E-state index is 4.49. The summed E-state index contributed by atoms with van der Waals surface area (Å²) in [6.45, 7) is 2.10. The van der Waals surface area contributed by atoms with E-state index in [0.29, 0.717) is 0 Å². The Morgan fingerprint density at radius 1 is 1.08 bits per heavy atom. The average molecular weight is 365 g/mol. The highest BCUT2D eigenvalue weighted by Gasteiger charge is 2.14. The van der Waals surface area contributed by atoms with Crippen molar-refractivity contribution in [1.82, 2.24) is 20.5 Å². The molecule has 0 aliphatic heterocycles. The van der Waals surface area contributed by atoms with E-state index in [9.17, 15) is 0 Å². The van der Waals surface area contributed by atoms with Crippen molar-refractivity contribution in [3.8, 4) is 11.4 Å². The normalized spacial score (nSPS) is 16.0. The lowest BCUT2D eigenvalue weighted by Gasteiger charge is -2.21. The number of nitrogens with zero attached hydrogens (tertiary/aromatic N) is 1. The highest BCUT2D eigenvalue weighted by atomic mass is 32.1. The van der Waals surface area contributed by atoms with Gasteiger partial charge < -0.3 is 10.3 Å². The van der Waals surface area contributed by atoms with Crippen LogP contribution in [-0.4, -0.2) is 21.7 Å². The molecule has 3 heterocycles. The molecule has 0 radical (unpaired) electrons. The molecule has 0 spiro atoms. The molecule has 3 N–H and O–H groups in total. The molecule has 4 nitrogen and oxygen atoms in total. The van der Waals surface area contributed by atoms with Crippen molar-refractivity contribution in [3.05, 3.63) is 41.3 Å². The molecule has 26 heavy (non-hydrogen) atoms. The van der Waals surface area contributed by atoms with Gasteiger partial charge in [0.25, 0.3) is 0 Å². The monoisotopic (exact) mass is 364 g/mol. The lowest BCUT2D eigenvalue weighted by molar-refractivity contribution is 0.342. The van der Waals surface area contributed by atoms with Gasteiger partial charge in [0.15, 0.2) is 0 Å². The summed E-state index contributed by atoms with van der Waals surface area (Å²) in [5, 5.41) is 14.6. The summed E-state index contributed by atoms with van der Waals surface area (Å²) in [6, 6.07) is 11.0. The molecule has 1 fully saturated rings. The molecule has 0 amide bonds. The fourth-order valence-electron chi connectivity index (χ4n) is 4.16. The minimum absolute atomic E-state index is 0.874. The van der Waals surface area contributed by atoms with Crippen LogP contribution in [-0.2, 0) is 6.54 Å². The Labute approximate surface area is 157 Å². The summed E-state index contributed by atoms with van der Waals surface area (Å²) >= 11 is 1.73. The second-order valence-electron chi connectivity index (χ2n) is 7.48. The third-order valence-corrected chi connectivity index (χ3v) is 6.52. The zero-order valence-corrected chi connectivity index (χ0v) is 15.7. The van der Waals surface area contributed by atoms with Crippen LogP contribution in [0.25, 0.3) is 32.5 Å². The first kappa shape index (κ1) is 16.1. The summed E-state index contributed by atoms with van der Waals surface area (Å²) in [5.41, 5.74) is 5.73. The summed E-state index contributed by atoms with van der Waals surface area (Å²) < 4.78 is 1.21. The first-order valence-electron chi connectivity index (χ1n) is 9.61. The van der Waals surface area contributed by atoms with E-state index in [4.69, 9.17) is 0 Å². The quantitative estimate of drug-likeness (QED) is 0.441. The summed E-state index contributed by atoms with van der Waals surface area (Å²) in [4.78, 5) is 3.52. The minimum Gasteiger partial charge on any atom is -0.353 e. The van der Waals surface area contributed by atoms with Crippen molar-refractivity contribution in [2.75, 3.05) is 6.54 Å². The predicted octanol–water partition coefficient (Wildman–Crippen LogP) is 5.44. The Morgan fingerprint density at radius 2 is 2.00 bits per heavy atom. The van der Waals surface area contributed by atoms with Gasteiger partial charge in [-0.2, -0.15) is 5.10 Å². The van der Waals surface area contributed by atoms with Gasteiger partial charge in [-0.15, -0.1) is 11.3 Å². The van der Waals surface area contributed by atoms with Gasteiger partial charge in [-0.05, 0) is 60.5 Å². The third-order valence-electron chi connectivity index (χ3n) is 5.60. The van der Waals surface area contributed by atoms with Crippen LogP contribution in [0.5, 0.6) is 0 Å². The van der Waals surface area contributed by atoms with Crippen molar-refractivity contribution in [1.29, 1.82) is 0 Å². The number of hydrogen-bond acceptors (Lipinski definition) is 3. The number of fused-ring (bicyclic) bond motifs is 2. The molecular formula is C21H24N4S. The van der Waals surface area contributed by atoms with Crippen molar-refractivity contribution >= 4 is 32.5 Å². The molecule has 1 aliphatic rings. The van der Waals surface area contributed by atoms with E-state index in [1.165, 1.54) is 53.3 Å². The van der Waals surface area contributed by atoms with E-state index >= 15 is 0 Å². The van der Waals surface area contributed by atoms with Crippen molar-refractivity contribution in [2.24, 2.45) is 5.92 Å². The lowest BCUT2D eigenvalue weighted by Crippen LogP contribution is -2.24. The minimum atomic E-state index is 0.874. The van der Waals surface area contributed by atoms with E-state index < -0.39 is 0 Å². The Morgan fingerprint density at radius 3 is 2.92 bits per heavy atom. The summed E-state index contributed by atoms with van der Waals surface area (Å²) in [5.74, 6) is 0.874. The van der Waals surface area contributed by atoms with Crippen LogP contribution in [0.15, 0.2) is 35.7 Å². The molecule has 0 bridgehead atoms. The van der Waals surface area contributed by atoms with Gasteiger partial charge in [0.1, 0.15) is 5.69 Å². The number of nitrogens with one attached hydrogen (secondary N) is 3. The molecule has 3 aromatic heterocycles. The van der Waals surface area contributed by atoms with Crippen LogP contribution in [0.3, 0.4) is 0 Å². The SMILES string of the molecule is c1cc2[nH]nc(-c3cc4cc(CNCC5CCCCC5)ccc4[nH]3)c2s1. The Balaban J connectivity index is 1.32. The molecule has 1 aromatic carbocycles. The standard InChI is InChI=1S/C21H24N4S/c1-2-4-14(5-3-1)12-22-13-15-6-7-17-16(10-15)11-19(23-17)20-21-18(24-25-20)8-9-26-21/h6-11,14,22-23H,1-5,12-13H2,(H,24,25). The van der Waals surface area contributed by atoms with Gasteiger partial charge >= 0.3 is 0 Å². The van der Waals surface area contributed by atoms with Gasteiger partial charge in [0, 0.05) is 17.4 Å². The molecule has 4 aromatic rings. The topological polar surface area (TPSA) is 56.5 Å². The fourth-order valence-corrected chi connectivity index (χ4v) is 5.01. The highest BCUT2D eigenvalue weighted by Crippen LogP contribution is 2.32. The number of rotatable bonds is 5. The zero-order chi connectivity index (χ0) is 17.3. The molecule has 5 heteroatoms. The lowest BCUT2D eigenvalue weighted by atomic mass is 9.89. The predicted molar refractivity (Wildman–Crippen MR) is 110 cm³/mol. The van der Waals surface area contributed by atoms with Crippen LogP contribution in [0.4, 0.5) is 0 Å². The van der Waals surface area contributed by atoms with Crippen LogP contribution >= 0.6 is 11.3 Å². The third kappa shape index (κ3) is 3.06. The second-order valence-corrected chi connectivity index (χ2v) is 8.39. The molecule has 1 aliphatic carbocycles. The summed E-state index contributed by atoms with van der Waals surface area (Å²) in [7, 11) is 0. The largest absolute Gasteiger partial charge is 0.353 e. The van der Waals surface area contributed by atoms with Gasteiger partial charge in [-0.25, -0.2) is 0 Å². The molecule has 0 atom stereocenters. The smallest absolute Gasteiger partial charge is 0.126 e. The van der Waals surface area contributed by atoms with Crippen molar-refractivity contribution < 1.29 is 0 Å². The van der Waals surface area contributed by atoms with Gasteiger partial charge in [-0.1, -0.05) is 25.3 Å². The Kier molecular flexibility index (Phi) is 4.27. The van der Waals surface area contributed by atoms with Crippen LogP contribution in [0.1, 0.15) is 37.7 Å². The van der Waals surface area contributed by atoms with Gasteiger partial charge in [-0.3, -0.25) is 5.10 Å². The molecule has 134 valence electrons. The maximum absolute atomic E-state index is 4.49. The first-order chi connectivity index (χ1) is 12.9. The van der Waals surface area contributed by atoms with E-state index in [-0.39, 0.29) is 0 Å².